The maximum Gasteiger partial charge on any atom is 0.306 e. The van der Waals surface area contributed by atoms with E-state index in [9.17, 15) is 14.4 Å². The first-order chi connectivity index (χ1) is 31.0. The first-order valence-electron chi connectivity index (χ1n) is 25.8. The Bertz CT molecular complexity index is 1280. The van der Waals surface area contributed by atoms with Gasteiger partial charge in [-0.15, -0.1) is 0 Å². The van der Waals surface area contributed by atoms with Crippen LogP contribution in [0.2, 0.25) is 0 Å². The van der Waals surface area contributed by atoms with Crippen molar-refractivity contribution in [1.82, 2.24) is 0 Å². The first-order valence-corrected chi connectivity index (χ1v) is 25.8. The molecule has 0 aromatic rings. The van der Waals surface area contributed by atoms with Crippen molar-refractivity contribution in [3.8, 4) is 0 Å². The zero-order chi connectivity index (χ0) is 45.8. The van der Waals surface area contributed by atoms with Crippen molar-refractivity contribution in [2.75, 3.05) is 13.2 Å². The van der Waals surface area contributed by atoms with Crippen molar-refractivity contribution in [2.45, 2.75) is 232 Å². The number of carbonyl (C=O) groups excluding carboxylic acids is 3. The zero-order valence-corrected chi connectivity index (χ0v) is 40.8. The molecule has 0 aliphatic carbocycles. The highest BCUT2D eigenvalue weighted by Gasteiger charge is 2.19. The molecule has 0 aliphatic rings. The van der Waals surface area contributed by atoms with E-state index in [0.29, 0.717) is 19.3 Å². The summed E-state index contributed by atoms with van der Waals surface area (Å²) in [4.78, 5) is 38.0. The number of esters is 3. The summed E-state index contributed by atoms with van der Waals surface area (Å²) >= 11 is 0. The van der Waals surface area contributed by atoms with Gasteiger partial charge in [-0.2, -0.15) is 0 Å². The van der Waals surface area contributed by atoms with Crippen LogP contribution in [0.15, 0.2) is 97.2 Å². The third-order valence-electron chi connectivity index (χ3n) is 10.8. The maximum absolute atomic E-state index is 12.8. The summed E-state index contributed by atoms with van der Waals surface area (Å²) in [5.74, 6) is -0.965. The van der Waals surface area contributed by atoms with E-state index < -0.39 is 6.10 Å². The van der Waals surface area contributed by atoms with Crippen LogP contribution < -0.4 is 0 Å². The van der Waals surface area contributed by atoms with Crippen LogP contribution in [0.3, 0.4) is 0 Å². The van der Waals surface area contributed by atoms with Gasteiger partial charge in [0.05, 0.1) is 0 Å². The molecule has 63 heavy (non-hydrogen) atoms. The van der Waals surface area contributed by atoms with E-state index in [1.165, 1.54) is 89.9 Å². The number of hydrogen-bond donors (Lipinski definition) is 0. The van der Waals surface area contributed by atoms with Gasteiger partial charge in [0.15, 0.2) is 6.10 Å². The number of carbonyl (C=O) groups is 3. The number of hydrogen-bond acceptors (Lipinski definition) is 6. The Labute approximate surface area is 387 Å². The predicted octanol–water partition coefficient (Wildman–Crippen LogP) is 17.0. The van der Waals surface area contributed by atoms with Gasteiger partial charge in [-0.3, -0.25) is 14.4 Å². The third kappa shape index (κ3) is 49.2. The summed E-state index contributed by atoms with van der Waals surface area (Å²) in [5.41, 5.74) is 0. The minimum Gasteiger partial charge on any atom is -0.462 e. The van der Waals surface area contributed by atoms with Crippen molar-refractivity contribution in [3.63, 3.8) is 0 Å². The van der Waals surface area contributed by atoms with Crippen LogP contribution in [0.4, 0.5) is 0 Å². The lowest BCUT2D eigenvalue weighted by Gasteiger charge is -2.18. The smallest absolute Gasteiger partial charge is 0.306 e. The fourth-order valence-electron chi connectivity index (χ4n) is 6.93. The lowest BCUT2D eigenvalue weighted by Crippen LogP contribution is -2.30. The number of unbranched alkanes of at least 4 members (excludes halogenated alkanes) is 24. The molecule has 0 bridgehead atoms. The van der Waals surface area contributed by atoms with E-state index in [4.69, 9.17) is 14.2 Å². The van der Waals surface area contributed by atoms with E-state index in [2.05, 4.69) is 57.2 Å². The van der Waals surface area contributed by atoms with Crippen LogP contribution in [0, 0.1) is 0 Å². The molecular formula is C57H94O6. The molecule has 0 aromatic carbocycles. The molecule has 0 heterocycles. The molecule has 1 atom stereocenters. The lowest BCUT2D eigenvalue weighted by atomic mass is 10.0. The second-order valence-corrected chi connectivity index (χ2v) is 16.9. The van der Waals surface area contributed by atoms with Gasteiger partial charge >= 0.3 is 17.9 Å². The second-order valence-electron chi connectivity index (χ2n) is 16.9. The molecular weight excluding hydrogens is 781 g/mol. The Hall–Kier alpha value is -3.67. The second kappa shape index (κ2) is 51.0. The van der Waals surface area contributed by atoms with Gasteiger partial charge in [0.1, 0.15) is 13.2 Å². The van der Waals surface area contributed by atoms with E-state index in [1.54, 1.807) is 0 Å². The van der Waals surface area contributed by atoms with Gasteiger partial charge in [-0.1, -0.05) is 246 Å². The summed E-state index contributed by atoms with van der Waals surface area (Å²) < 4.78 is 16.7. The standard InChI is InChI=1S/C57H94O6/c1-4-7-10-13-16-19-22-25-27-28-30-32-35-38-41-44-47-50-56(59)62-53-54(52-61-55(58)49-46-43-40-37-34-31-24-21-18-15-12-9-6-3)63-57(60)51-48-45-42-39-36-33-29-26-23-20-17-14-11-8-5-2/h8-9,11-12,14-15,17-18,20-21,23-24,26,29,31,34,54H,4-7,10,13,16,19,22,25,27-28,30,32-33,35-53H2,1-3H3/b11-8+,12-9+,17-14+,18-15+,23-20+,24-21+,29-26+,34-31+. The van der Waals surface area contributed by atoms with Gasteiger partial charge in [-0.25, -0.2) is 0 Å². The Morgan fingerprint density at radius 1 is 0.333 bits per heavy atom. The molecule has 0 radical (unpaired) electrons. The summed E-state index contributed by atoms with van der Waals surface area (Å²) in [6.45, 7) is 6.30. The van der Waals surface area contributed by atoms with Gasteiger partial charge in [0.25, 0.3) is 0 Å². The Morgan fingerprint density at radius 2 is 0.619 bits per heavy atom. The summed E-state index contributed by atoms with van der Waals surface area (Å²) in [6.07, 6.45) is 66.8. The fraction of sp³-hybridized carbons (Fsp3) is 0.667. The molecule has 1 unspecified atom stereocenters. The minimum absolute atomic E-state index is 0.0995. The monoisotopic (exact) mass is 875 g/mol. The largest absolute Gasteiger partial charge is 0.462 e. The summed E-state index contributed by atoms with van der Waals surface area (Å²) in [5, 5.41) is 0. The van der Waals surface area contributed by atoms with Gasteiger partial charge in [-0.05, 0) is 57.8 Å². The van der Waals surface area contributed by atoms with Crippen LogP contribution in [-0.2, 0) is 28.6 Å². The highest BCUT2D eigenvalue weighted by Crippen LogP contribution is 2.15. The van der Waals surface area contributed by atoms with Crippen LogP contribution in [-0.4, -0.2) is 37.2 Å². The maximum atomic E-state index is 12.8. The van der Waals surface area contributed by atoms with Crippen LogP contribution in [0.5, 0.6) is 0 Å². The Morgan fingerprint density at radius 3 is 0.984 bits per heavy atom. The molecule has 0 aromatic heterocycles. The highest BCUT2D eigenvalue weighted by atomic mass is 16.6. The highest BCUT2D eigenvalue weighted by molar-refractivity contribution is 5.71. The summed E-state index contributed by atoms with van der Waals surface area (Å²) in [6, 6.07) is 0. The molecule has 0 aliphatic heterocycles. The van der Waals surface area contributed by atoms with E-state index in [0.717, 1.165) is 96.3 Å². The fourth-order valence-corrected chi connectivity index (χ4v) is 6.93. The number of rotatable bonds is 45. The summed E-state index contributed by atoms with van der Waals surface area (Å²) in [7, 11) is 0. The average molecular weight is 875 g/mol. The lowest BCUT2D eigenvalue weighted by molar-refractivity contribution is -0.167. The molecule has 0 fully saturated rings. The van der Waals surface area contributed by atoms with Crippen molar-refractivity contribution in [2.24, 2.45) is 0 Å². The molecule has 0 saturated carbocycles. The van der Waals surface area contributed by atoms with Crippen LogP contribution in [0.1, 0.15) is 226 Å². The SMILES string of the molecule is CC/C=C/C=C/C=C/C=C/CCCCCCCC(=O)OC(COC(=O)CCCCC/C=C/C=C/C=C/C=C/CC)COC(=O)CCCCCCCCCCCCCCCCCCC. The molecule has 0 saturated heterocycles. The molecule has 6 nitrogen and oxygen atoms in total. The van der Waals surface area contributed by atoms with Crippen LogP contribution >= 0.6 is 0 Å². The minimum atomic E-state index is -0.805. The Kier molecular flexibility index (Phi) is 48.0. The molecule has 358 valence electrons. The number of ether oxygens (including phenoxy) is 3. The number of allylic oxidation sites excluding steroid dienone is 16. The predicted molar refractivity (Wildman–Crippen MR) is 270 cm³/mol. The van der Waals surface area contributed by atoms with Crippen molar-refractivity contribution in [1.29, 1.82) is 0 Å². The third-order valence-corrected chi connectivity index (χ3v) is 10.8. The van der Waals surface area contributed by atoms with E-state index in [-0.39, 0.29) is 31.1 Å². The van der Waals surface area contributed by atoms with Gasteiger partial charge < -0.3 is 14.2 Å². The Balaban J connectivity index is 4.46. The normalized spacial score (nSPS) is 12.9. The molecule has 6 heteroatoms. The molecule has 0 spiro atoms. The van der Waals surface area contributed by atoms with Crippen LogP contribution in [0.25, 0.3) is 0 Å². The zero-order valence-electron chi connectivity index (χ0n) is 40.8. The molecule has 0 amide bonds. The van der Waals surface area contributed by atoms with E-state index >= 15 is 0 Å². The van der Waals surface area contributed by atoms with Crippen molar-refractivity contribution < 1.29 is 28.6 Å². The molecule has 0 N–H and O–H groups in total. The van der Waals surface area contributed by atoms with Crippen molar-refractivity contribution >= 4 is 17.9 Å². The van der Waals surface area contributed by atoms with Crippen molar-refractivity contribution in [3.05, 3.63) is 97.2 Å². The molecule has 0 rings (SSSR count). The topological polar surface area (TPSA) is 78.9 Å². The van der Waals surface area contributed by atoms with Gasteiger partial charge in [0.2, 0.25) is 0 Å². The first kappa shape index (κ1) is 59.3. The average Bonchev–Trinajstić information content (AvgIpc) is 3.28. The quantitative estimate of drug-likeness (QED) is 0.0262. The van der Waals surface area contributed by atoms with E-state index in [1.807, 2.05) is 60.8 Å². The van der Waals surface area contributed by atoms with Gasteiger partial charge in [0, 0.05) is 19.3 Å².